The summed E-state index contributed by atoms with van der Waals surface area (Å²) in [5.74, 6) is -0.170. The van der Waals surface area contributed by atoms with Gasteiger partial charge < -0.3 is 5.73 Å². The summed E-state index contributed by atoms with van der Waals surface area (Å²) in [5, 5.41) is 0. The van der Waals surface area contributed by atoms with Crippen molar-refractivity contribution in [3.8, 4) is 0 Å². The third-order valence-corrected chi connectivity index (χ3v) is 4.34. The molecule has 0 heterocycles. The van der Waals surface area contributed by atoms with Gasteiger partial charge in [0.2, 0.25) is 0 Å². The molecule has 0 saturated carbocycles. The molecule has 0 fully saturated rings. The quantitative estimate of drug-likeness (QED) is 0.909. The Balaban J connectivity index is 2.37. The molecule has 3 heteroatoms. The molecule has 2 rings (SSSR count). The SMILES string of the molecule is Cc1ccc(Sc2c(F)cccc2CCN)c(C)c1. The van der Waals surface area contributed by atoms with Gasteiger partial charge in [0.1, 0.15) is 5.82 Å². The highest BCUT2D eigenvalue weighted by Gasteiger charge is 2.11. The minimum atomic E-state index is -0.170. The largest absolute Gasteiger partial charge is 0.330 e. The van der Waals surface area contributed by atoms with E-state index in [1.54, 1.807) is 6.07 Å². The van der Waals surface area contributed by atoms with Gasteiger partial charge in [0.25, 0.3) is 0 Å². The molecule has 2 aromatic rings. The van der Waals surface area contributed by atoms with Crippen molar-refractivity contribution in [3.63, 3.8) is 0 Å². The van der Waals surface area contributed by atoms with Crippen molar-refractivity contribution in [2.75, 3.05) is 6.54 Å². The van der Waals surface area contributed by atoms with E-state index in [0.29, 0.717) is 17.9 Å². The highest BCUT2D eigenvalue weighted by molar-refractivity contribution is 7.99. The number of hydrogen-bond donors (Lipinski definition) is 1. The first-order valence-electron chi connectivity index (χ1n) is 6.34. The van der Waals surface area contributed by atoms with Gasteiger partial charge in [-0.1, -0.05) is 41.6 Å². The Hall–Kier alpha value is -1.32. The van der Waals surface area contributed by atoms with Crippen molar-refractivity contribution in [2.45, 2.75) is 30.1 Å². The van der Waals surface area contributed by atoms with E-state index in [2.05, 4.69) is 26.0 Å². The molecule has 0 amide bonds. The number of hydrogen-bond acceptors (Lipinski definition) is 2. The van der Waals surface area contributed by atoms with Crippen LogP contribution in [0.25, 0.3) is 0 Å². The van der Waals surface area contributed by atoms with Crippen LogP contribution in [0.2, 0.25) is 0 Å². The molecule has 0 aliphatic rings. The maximum absolute atomic E-state index is 14.0. The molecule has 100 valence electrons. The Bertz CT molecular complexity index is 581. The third kappa shape index (κ3) is 3.37. The molecule has 0 spiro atoms. The van der Waals surface area contributed by atoms with Crippen LogP contribution in [0.15, 0.2) is 46.2 Å². The van der Waals surface area contributed by atoms with Gasteiger partial charge in [-0.25, -0.2) is 4.39 Å². The van der Waals surface area contributed by atoms with Gasteiger partial charge >= 0.3 is 0 Å². The third-order valence-electron chi connectivity index (χ3n) is 3.00. The van der Waals surface area contributed by atoms with Crippen LogP contribution in [0.1, 0.15) is 16.7 Å². The number of aryl methyl sites for hydroxylation is 2. The highest BCUT2D eigenvalue weighted by Crippen LogP contribution is 2.35. The predicted octanol–water partition coefficient (Wildman–Crippen LogP) is 4.09. The summed E-state index contributed by atoms with van der Waals surface area (Å²) in [7, 11) is 0. The van der Waals surface area contributed by atoms with E-state index in [0.717, 1.165) is 10.5 Å². The van der Waals surface area contributed by atoms with Crippen LogP contribution in [-0.4, -0.2) is 6.54 Å². The van der Waals surface area contributed by atoms with Crippen LogP contribution >= 0.6 is 11.8 Å². The van der Waals surface area contributed by atoms with Crippen molar-refractivity contribution < 1.29 is 4.39 Å². The van der Waals surface area contributed by atoms with E-state index in [1.807, 2.05) is 12.1 Å². The molecule has 0 unspecified atom stereocenters. The smallest absolute Gasteiger partial charge is 0.137 e. The molecule has 2 aromatic carbocycles. The van der Waals surface area contributed by atoms with Crippen LogP contribution < -0.4 is 5.73 Å². The highest BCUT2D eigenvalue weighted by atomic mass is 32.2. The predicted molar refractivity (Wildman–Crippen MR) is 79.2 cm³/mol. The minimum Gasteiger partial charge on any atom is -0.330 e. The maximum Gasteiger partial charge on any atom is 0.137 e. The molecular weight excluding hydrogens is 257 g/mol. The summed E-state index contributed by atoms with van der Waals surface area (Å²) in [5.41, 5.74) is 8.96. The van der Waals surface area contributed by atoms with Crippen molar-refractivity contribution in [1.82, 2.24) is 0 Å². The van der Waals surface area contributed by atoms with E-state index < -0.39 is 0 Å². The number of rotatable bonds is 4. The molecule has 0 saturated heterocycles. The second kappa shape index (κ2) is 6.22. The number of benzene rings is 2. The van der Waals surface area contributed by atoms with Crippen LogP contribution in [0, 0.1) is 19.7 Å². The summed E-state index contributed by atoms with van der Waals surface area (Å²) < 4.78 is 14.0. The lowest BCUT2D eigenvalue weighted by atomic mass is 10.1. The van der Waals surface area contributed by atoms with Crippen molar-refractivity contribution in [2.24, 2.45) is 5.73 Å². The Labute approximate surface area is 118 Å². The standard InChI is InChI=1S/C16H18FNS/c1-11-6-7-15(12(2)10-11)19-16-13(8-9-18)4-3-5-14(16)17/h3-7,10H,8-9,18H2,1-2H3. The fourth-order valence-corrected chi connectivity index (χ4v) is 3.09. The zero-order chi connectivity index (χ0) is 13.8. The Morgan fingerprint density at radius 1 is 1.16 bits per heavy atom. The summed E-state index contributed by atoms with van der Waals surface area (Å²) >= 11 is 1.49. The van der Waals surface area contributed by atoms with Gasteiger partial charge in [-0.15, -0.1) is 0 Å². The first kappa shape index (κ1) is 14.1. The summed E-state index contributed by atoms with van der Waals surface area (Å²) in [6.07, 6.45) is 0.699. The molecule has 0 radical (unpaired) electrons. The first-order chi connectivity index (χ1) is 9.11. The van der Waals surface area contributed by atoms with E-state index in [4.69, 9.17) is 5.73 Å². The Kier molecular flexibility index (Phi) is 4.61. The van der Waals surface area contributed by atoms with Crippen LogP contribution in [0.5, 0.6) is 0 Å². The lowest BCUT2D eigenvalue weighted by molar-refractivity contribution is 0.597. The second-order valence-corrected chi connectivity index (χ2v) is 5.69. The fraction of sp³-hybridized carbons (Fsp3) is 0.250. The van der Waals surface area contributed by atoms with Crippen molar-refractivity contribution in [1.29, 1.82) is 0 Å². The van der Waals surface area contributed by atoms with Crippen LogP contribution in [0.3, 0.4) is 0 Å². The molecular formula is C16H18FNS. The molecule has 0 aromatic heterocycles. The van der Waals surface area contributed by atoms with Gasteiger partial charge in [-0.2, -0.15) is 0 Å². The van der Waals surface area contributed by atoms with Crippen molar-refractivity contribution >= 4 is 11.8 Å². The topological polar surface area (TPSA) is 26.0 Å². The zero-order valence-corrected chi connectivity index (χ0v) is 12.1. The monoisotopic (exact) mass is 275 g/mol. The molecule has 2 N–H and O–H groups in total. The van der Waals surface area contributed by atoms with Gasteiger partial charge in [0.05, 0.1) is 4.90 Å². The fourth-order valence-electron chi connectivity index (χ4n) is 2.04. The summed E-state index contributed by atoms with van der Waals surface area (Å²) in [6.45, 7) is 4.65. The Morgan fingerprint density at radius 2 is 1.95 bits per heavy atom. The lowest BCUT2D eigenvalue weighted by Crippen LogP contribution is -2.04. The molecule has 1 nitrogen and oxygen atoms in total. The van der Waals surface area contributed by atoms with E-state index in [-0.39, 0.29) is 5.82 Å². The van der Waals surface area contributed by atoms with Crippen LogP contribution in [-0.2, 0) is 6.42 Å². The van der Waals surface area contributed by atoms with Gasteiger partial charge in [-0.3, -0.25) is 0 Å². The second-order valence-electron chi connectivity index (χ2n) is 4.64. The molecule has 0 atom stereocenters. The normalized spacial score (nSPS) is 10.7. The average Bonchev–Trinajstić information content (AvgIpc) is 2.36. The minimum absolute atomic E-state index is 0.170. The van der Waals surface area contributed by atoms with E-state index >= 15 is 0 Å². The molecule has 0 bridgehead atoms. The van der Waals surface area contributed by atoms with E-state index in [9.17, 15) is 4.39 Å². The van der Waals surface area contributed by atoms with Gasteiger partial charge in [-0.05, 0) is 50.1 Å². The van der Waals surface area contributed by atoms with Gasteiger partial charge in [0.15, 0.2) is 0 Å². The first-order valence-corrected chi connectivity index (χ1v) is 7.16. The van der Waals surface area contributed by atoms with Crippen molar-refractivity contribution in [3.05, 3.63) is 58.9 Å². The zero-order valence-electron chi connectivity index (χ0n) is 11.2. The molecule has 19 heavy (non-hydrogen) atoms. The lowest BCUT2D eigenvalue weighted by Gasteiger charge is -2.11. The van der Waals surface area contributed by atoms with Gasteiger partial charge in [0, 0.05) is 4.90 Å². The number of nitrogens with two attached hydrogens (primary N) is 1. The summed E-state index contributed by atoms with van der Waals surface area (Å²) in [4.78, 5) is 1.79. The summed E-state index contributed by atoms with van der Waals surface area (Å²) in [6, 6.07) is 11.4. The maximum atomic E-state index is 14.0. The van der Waals surface area contributed by atoms with E-state index in [1.165, 1.54) is 29.0 Å². The number of halogens is 1. The molecule has 0 aliphatic heterocycles. The van der Waals surface area contributed by atoms with Crippen LogP contribution in [0.4, 0.5) is 4.39 Å². The Morgan fingerprint density at radius 3 is 2.63 bits per heavy atom. The molecule has 0 aliphatic carbocycles. The average molecular weight is 275 g/mol.